The van der Waals surface area contributed by atoms with Gasteiger partial charge in [-0.25, -0.2) is 9.97 Å². The van der Waals surface area contributed by atoms with E-state index in [1.54, 1.807) is 11.8 Å². The van der Waals surface area contributed by atoms with E-state index in [9.17, 15) is 0 Å². The van der Waals surface area contributed by atoms with Gasteiger partial charge in [0.1, 0.15) is 5.15 Å². The summed E-state index contributed by atoms with van der Waals surface area (Å²) in [5.74, 6) is 0.744. The Balaban J connectivity index is 1.65. The van der Waals surface area contributed by atoms with E-state index >= 15 is 0 Å². The van der Waals surface area contributed by atoms with Crippen LogP contribution in [0.3, 0.4) is 0 Å². The number of nitrogens with zero attached hydrogens (tertiary/aromatic N) is 3. The Morgan fingerprint density at radius 3 is 2.57 bits per heavy atom. The number of hydrogen-bond acceptors (Lipinski definition) is 3. The summed E-state index contributed by atoms with van der Waals surface area (Å²) in [4.78, 5) is 9.16. The molecule has 4 aromatic rings. The van der Waals surface area contributed by atoms with E-state index in [1.807, 2.05) is 43.4 Å². The summed E-state index contributed by atoms with van der Waals surface area (Å²) in [5, 5.41) is 2.66. The number of aryl methyl sites for hydroxylation is 1. The number of hydrogen-bond donors (Lipinski definition) is 0. The van der Waals surface area contributed by atoms with Gasteiger partial charge in [-0.15, -0.1) is 0 Å². The second-order valence-electron chi connectivity index (χ2n) is 5.36. The molecular formula is C18H14ClN3S. The maximum atomic E-state index is 6.34. The smallest absolute Gasteiger partial charge is 0.169 e. The first-order valence-corrected chi connectivity index (χ1v) is 8.67. The average Bonchev–Trinajstić information content (AvgIpc) is 2.89. The highest BCUT2D eigenvalue weighted by atomic mass is 35.5. The average molecular weight is 340 g/mol. The minimum atomic E-state index is 0.565. The molecule has 2 aromatic heterocycles. The second kappa shape index (κ2) is 5.87. The number of para-hydroxylation sites is 3. The lowest BCUT2D eigenvalue weighted by molar-refractivity contribution is 0.815. The predicted octanol–water partition coefficient (Wildman–Crippen LogP) is 5.07. The Morgan fingerprint density at radius 2 is 1.74 bits per heavy atom. The maximum Gasteiger partial charge on any atom is 0.169 e. The first kappa shape index (κ1) is 14.5. The third kappa shape index (κ3) is 2.69. The molecule has 5 heteroatoms. The summed E-state index contributed by atoms with van der Waals surface area (Å²) in [6.45, 7) is 0. The minimum absolute atomic E-state index is 0.565. The van der Waals surface area contributed by atoms with Gasteiger partial charge in [-0.3, -0.25) is 0 Å². The molecule has 0 atom stereocenters. The van der Waals surface area contributed by atoms with Crippen LogP contribution in [0.2, 0.25) is 5.15 Å². The van der Waals surface area contributed by atoms with Crippen molar-refractivity contribution in [2.75, 3.05) is 0 Å². The largest absolute Gasteiger partial charge is 0.322 e. The third-order valence-corrected chi connectivity index (χ3v) is 5.26. The maximum absolute atomic E-state index is 6.34. The highest BCUT2D eigenvalue weighted by Gasteiger charge is 2.10. The van der Waals surface area contributed by atoms with E-state index in [0.717, 1.165) is 38.4 Å². The third-order valence-electron chi connectivity index (χ3n) is 3.85. The van der Waals surface area contributed by atoms with Gasteiger partial charge in [0.05, 0.1) is 16.6 Å². The van der Waals surface area contributed by atoms with Crippen molar-refractivity contribution in [1.82, 2.24) is 14.5 Å². The van der Waals surface area contributed by atoms with E-state index in [0.29, 0.717) is 5.15 Å². The van der Waals surface area contributed by atoms with E-state index in [2.05, 4.69) is 32.7 Å². The molecule has 0 bridgehead atoms. The highest BCUT2D eigenvalue weighted by molar-refractivity contribution is 7.98. The van der Waals surface area contributed by atoms with Crippen LogP contribution in [0.1, 0.15) is 5.56 Å². The minimum Gasteiger partial charge on any atom is -0.322 e. The van der Waals surface area contributed by atoms with Crippen LogP contribution in [-0.4, -0.2) is 14.5 Å². The van der Waals surface area contributed by atoms with Gasteiger partial charge in [-0.1, -0.05) is 53.7 Å². The summed E-state index contributed by atoms with van der Waals surface area (Å²) in [5.41, 5.74) is 4.11. The molecule has 0 radical (unpaired) electrons. The molecule has 0 unspecified atom stereocenters. The zero-order valence-electron chi connectivity index (χ0n) is 12.5. The number of halogens is 1. The summed E-state index contributed by atoms with van der Waals surface area (Å²) in [6, 6.07) is 18.3. The van der Waals surface area contributed by atoms with E-state index < -0.39 is 0 Å². The SMILES string of the molecule is Cn1c(SCc2cc3ccccc3nc2Cl)nc2ccccc21. The van der Waals surface area contributed by atoms with Crippen LogP contribution >= 0.6 is 23.4 Å². The lowest BCUT2D eigenvalue weighted by atomic mass is 10.2. The van der Waals surface area contributed by atoms with Crippen LogP contribution in [-0.2, 0) is 12.8 Å². The fourth-order valence-electron chi connectivity index (χ4n) is 2.63. The topological polar surface area (TPSA) is 30.7 Å². The molecule has 4 rings (SSSR count). The molecule has 0 amide bonds. The van der Waals surface area contributed by atoms with Gasteiger partial charge in [-0.2, -0.15) is 0 Å². The van der Waals surface area contributed by atoms with Gasteiger partial charge >= 0.3 is 0 Å². The van der Waals surface area contributed by atoms with Gasteiger partial charge in [0.2, 0.25) is 0 Å². The van der Waals surface area contributed by atoms with Gasteiger partial charge in [-0.05, 0) is 24.3 Å². The van der Waals surface area contributed by atoms with E-state index in [4.69, 9.17) is 11.6 Å². The van der Waals surface area contributed by atoms with E-state index in [-0.39, 0.29) is 0 Å². The van der Waals surface area contributed by atoms with Gasteiger partial charge in [0.25, 0.3) is 0 Å². The Hall–Kier alpha value is -2.04. The molecule has 0 fully saturated rings. The summed E-state index contributed by atoms with van der Waals surface area (Å²) < 4.78 is 2.11. The molecule has 0 spiro atoms. The van der Waals surface area contributed by atoms with Crippen LogP contribution in [0.25, 0.3) is 21.9 Å². The van der Waals surface area contributed by atoms with Crippen molar-refractivity contribution < 1.29 is 0 Å². The molecule has 0 saturated carbocycles. The Kier molecular flexibility index (Phi) is 3.71. The van der Waals surface area contributed by atoms with Crippen molar-refractivity contribution in [1.29, 1.82) is 0 Å². The molecule has 3 nitrogen and oxygen atoms in total. The van der Waals surface area contributed by atoms with Crippen molar-refractivity contribution in [3.8, 4) is 0 Å². The molecule has 2 heterocycles. The predicted molar refractivity (Wildman–Crippen MR) is 97.0 cm³/mol. The van der Waals surface area contributed by atoms with Crippen molar-refractivity contribution in [3.63, 3.8) is 0 Å². The molecule has 0 aliphatic heterocycles. The molecule has 0 aliphatic carbocycles. The fraction of sp³-hybridized carbons (Fsp3) is 0.111. The van der Waals surface area contributed by atoms with Crippen molar-refractivity contribution in [2.24, 2.45) is 7.05 Å². The van der Waals surface area contributed by atoms with Crippen LogP contribution in [0, 0.1) is 0 Å². The van der Waals surface area contributed by atoms with Crippen LogP contribution < -0.4 is 0 Å². The second-order valence-corrected chi connectivity index (χ2v) is 6.66. The number of rotatable bonds is 3. The number of fused-ring (bicyclic) bond motifs is 2. The number of thioether (sulfide) groups is 1. The first-order chi connectivity index (χ1) is 11.2. The summed E-state index contributed by atoms with van der Waals surface area (Å²) in [6.07, 6.45) is 0. The number of benzene rings is 2. The lowest BCUT2D eigenvalue weighted by Gasteiger charge is -2.06. The molecule has 23 heavy (non-hydrogen) atoms. The van der Waals surface area contributed by atoms with Crippen molar-refractivity contribution in [2.45, 2.75) is 10.9 Å². The molecule has 0 saturated heterocycles. The van der Waals surface area contributed by atoms with Gasteiger partial charge in [0.15, 0.2) is 5.16 Å². The summed E-state index contributed by atoms with van der Waals surface area (Å²) in [7, 11) is 2.04. The van der Waals surface area contributed by atoms with E-state index in [1.165, 1.54) is 0 Å². The monoisotopic (exact) mass is 339 g/mol. The van der Waals surface area contributed by atoms with Crippen molar-refractivity contribution >= 4 is 45.3 Å². The molecule has 114 valence electrons. The zero-order valence-corrected chi connectivity index (χ0v) is 14.1. The lowest BCUT2D eigenvalue weighted by Crippen LogP contribution is -1.93. The summed E-state index contributed by atoms with van der Waals surface area (Å²) >= 11 is 8.01. The van der Waals surface area contributed by atoms with Crippen LogP contribution in [0.5, 0.6) is 0 Å². The zero-order chi connectivity index (χ0) is 15.8. The van der Waals surface area contributed by atoms with Gasteiger partial charge in [0, 0.05) is 23.8 Å². The van der Waals surface area contributed by atoms with Crippen LogP contribution in [0.4, 0.5) is 0 Å². The van der Waals surface area contributed by atoms with Gasteiger partial charge < -0.3 is 4.57 Å². The highest BCUT2D eigenvalue weighted by Crippen LogP contribution is 2.29. The van der Waals surface area contributed by atoms with Crippen molar-refractivity contribution in [3.05, 3.63) is 65.3 Å². The molecule has 2 aromatic carbocycles. The molecule has 0 N–H and O–H groups in total. The Morgan fingerprint density at radius 1 is 1.00 bits per heavy atom. The number of aromatic nitrogens is 3. The van der Waals surface area contributed by atoms with Crippen LogP contribution in [0.15, 0.2) is 59.8 Å². The molecule has 0 aliphatic rings. The standard InChI is InChI=1S/C18H14ClN3S/c1-22-16-9-5-4-8-15(16)21-18(22)23-11-13-10-12-6-2-3-7-14(12)20-17(13)19/h2-10H,11H2,1H3. The first-order valence-electron chi connectivity index (χ1n) is 7.31. The normalized spacial score (nSPS) is 11.4. The number of pyridine rings is 1. The molecular weight excluding hydrogens is 326 g/mol. The fourth-order valence-corrected chi connectivity index (χ4v) is 3.88. The Bertz CT molecular complexity index is 1010. The number of imidazole rings is 1. The Labute approximate surface area is 143 Å². The quantitative estimate of drug-likeness (QED) is 0.386.